The van der Waals surface area contributed by atoms with Crippen LogP contribution in [0.1, 0.15) is 15.9 Å². The molecule has 0 atom stereocenters. The number of para-hydroxylation sites is 1. The minimum Gasteiger partial charge on any atom is -0.326 e. The zero-order chi connectivity index (χ0) is 18.2. The van der Waals surface area contributed by atoms with Gasteiger partial charge in [0.2, 0.25) is 0 Å². The smallest absolute Gasteiger partial charge is 0.255 e. The Labute approximate surface area is 155 Å². The standard InChI is InChI=1S/C21H17N5O/c27-21(24-17-6-5-16-13-23-25-18(16)12-17)15-7-9-22-20(11-15)26-10-8-14-3-1-2-4-19(14)26/h1-7,9,11-13H,8,10H2,(H,23,25)(H,24,27). The van der Waals surface area contributed by atoms with Gasteiger partial charge in [-0.15, -0.1) is 0 Å². The summed E-state index contributed by atoms with van der Waals surface area (Å²) in [4.78, 5) is 19.3. The van der Waals surface area contributed by atoms with E-state index in [1.165, 1.54) is 5.56 Å². The number of benzene rings is 2. The summed E-state index contributed by atoms with van der Waals surface area (Å²) < 4.78 is 0. The van der Waals surface area contributed by atoms with E-state index >= 15 is 0 Å². The van der Waals surface area contributed by atoms with Crippen LogP contribution in [0.3, 0.4) is 0 Å². The van der Waals surface area contributed by atoms with Gasteiger partial charge >= 0.3 is 0 Å². The Bertz CT molecular complexity index is 1150. The monoisotopic (exact) mass is 355 g/mol. The first kappa shape index (κ1) is 15.6. The van der Waals surface area contributed by atoms with Gasteiger partial charge in [0.15, 0.2) is 0 Å². The van der Waals surface area contributed by atoms with Crippen LogP contribution in [0.4, 0.5) is 17.2 Å². The van der Waals surface area contributed by atoms with Crippen LogP contribution in [0.15, 0.2) is 67.0 Å². The van der Waals surface area contributed by atoms with Crippen molar-refractivity contribution in [2.45, 2.75) is 6.42 Å². The van der Waals surface area contributed by atoms with Gasteiger partial charge < -0.3 is 10.2 Å². The maximum Gasteiger partial charge on any atom is 0.255 e. The molecule has 4 aromatic rings. The fourth-order valence-electron chi connectivity index (χ4n) is 3.50. The van der Waals surface area contributed by atoms with Gasteiger partial charge in [0.1, 0.15) is 5.82 Å². The number of aromatic nitrogens is 3. The molecule has 0 radical (unpaired) electrons. The van der Waals surface area contributed by atoms with Crippen molar-refractivity contribution < 1.29 is 4.79 Å². The van der Waals surface area contributed by atoms with Crippen molar-refractivity contribution in [3.8, 4) is 0 Å². The maximum atomic E-state index is 12.7. The van der Waals surface area contributed by atoms with Crippen molar-refractivity contribution in [2.24, 2.45) is 0 Å². The number of carbonyl (C=O) groups is 1. The van der Waals surface area contributed by atoms with Crippen molar-refractivity contribution in [1.82, 2.24) is 15.2 Å². The Balaban J connectivity index is 1.41. The van der Waals surface area contributed by atoms with Gasteiger partial charge in [-0.2, -0.15) is 5.10 Å². The topological polar surface area (TPSA) is 73.9 Å². The van der Waals surface area contributed by atoms with Crippen LogP contribution in [-0.4, -0.2) is 27.6 Å². The predicted molar refractivity (Wildman–Crippen MR) is 105 cm³/mol. The molecular formula is C21H17N5O. The summed E-state index contributed by atoms with van der Waals surface area (Å²) >= 11 is 0. The summed E-state index contributed by atoms with van der Waals surface area (Å²) in [6, 6.07) is 17.5. The lowest BCUT2D eigenvalue weighted by atomic mass is 10.2. The van der Waals surface area contributed by atoms with E-state index < -0.39 is 0 Å². The van der Waals surface area contributed by atoms with Crippen LogP contribution < -0.4 is 10.2 Å². The number of nitrogens with zero attached hydrogens (tertiary/aromatic N) is 3. The molecule has 1 amide bonds. The number of H-pyrrole nitrogens is 1. The average molecular weight is 355 g/mol. The third-order valence-electron chi connectivity index (χ3n) is 4.87. The van der Waals surface area contributed by atoms with Gasteiger partial charge in [0, 0.05) is 35.1 Å². The Morgan fingerprint density at radius 3 is 3.00 bits per heavy atom. The fourth-order valence-corrected chi connectivity index (χ4v) is 3.50. The summed E-state index contributed by atoms with van der Waals surface area (Å²) in [5, 5.41) is 10.9. The molecule has 0 aliphatic carbocycles. The Morgan fingerprint density at radius 2 is 2.04 bits per heavy atom. The van der Waals surface area contributed by atoms with E-state index in [1.54, 1.807) is 18.5 Å². The zero-order valence-electron chi connectivity index (χ0n) is 14.5. The number of carbonyl (C=O) groups excluding carboxylic acids is 1. The fraction of sp³-hybridized carbons (Fsp3) is 0.0952. The van der Waals surface area contributed by atoms with Crippen molar-refractivity contribution in [3.05, 3.63) is 78.1 Å². The molecule has 6 heteroatoms. The van der Waals surface area contributed by atoms with Crippen molar-refractivity contribution in [3.63, 3.8) is 0 Å². The Hall–Kier alpha value is -3.67. The maximum absolute atomic E-state index is 12.7. The van der Waals surface area contributed by atoms with E-state index in [0.717, 1.165) is 41.1 Å². The number of amides is 1. The highest BCUT2D eigenvalue weighted by Crippen LogP contribution is 2.33. The van der Waals surface area contributed by atoms with Gasteiger partial charge in [-0.05, 0) is 48.4 Å². The summed E-state index contributed by atoms with van der Waals surface area (Å²) in [7, 11) is 0. The highest BCUT2D eigenvalue weighted by Gasteiger charge is 2.21. The highest BCUT2D eigenvalue weighted by molar-refractivity contribution is 6.05. The first-order chi connectivity index (χ1) is 13.3. The average Bonchev–Trinajstić information content (AvgIpc) is 3.34. The molecule has 2 N–H and O–H groups in total. The largest absolute Gasteiger partial charge is 0.326 e. The number of hydrogen-bond acceptors (Lipinski definition) is 4. The van der Waals surface area contributed by atoms with E-state index in [1.807, 2.05) is 30.3 Å². The molecule has 0 saturated heterocycles. The van der Waals surface area contributed by atoms with Crippen LogP contribution in [0.5, 0.6) is 0 Å². The minimum atomic E-state index is -0.162. The zero-order valence-corrected chi connectivity index (χ0v) is 14.5. The second-order valence-corrected chi connectivity index (χ2v) is 6.56. The first-order valence-electron chi connectivity index (χ1n) is 8.84. The van der Waals surface area contributed by atoms with Gasteiger partial charge in [0.05, 0.1) is 11.7 Å². The third-order valence-corrected chi connectivity index (χ3v) is 4.87. The molecule has 132 valence electrons. The van der Waals surface area contributed by atoms with E-state index in [4.69, 9.17) is 0 Å². The first-order valence-corrected chi connectivity index (χ1v) is 8.84. The third kappa shape index (κ3) is 2.81. The van der Waals surface area contributed by atoms with Crippen LogP contribution in [0.25, 0.3) is 10.9 Å². The van der Waals surface area contributed by atoms with Crippen LogP contribution >= 0.6 is 0 Å². The van der Waals surface area contributed by atoms with Crippen LogP contribution in [0.2, 0.25) is 0 Å². The molecule has 3 heterocycles. The van der Waals surface area contributed by atoms with Gasteiger partial charge in [-0.25, -0.2) is 4.98 Å². The van der Waals surface area contributed by atoms with Gasteiger partial charge in [-0.3, -0.25) is 9.89 Å². The quantitative estimate of drug-likeness (QED) is 0.584. The van der Waals surface area contributed by atoms with E-state index in [0.29, 0.717) is 5.56 Å². The number of nitrogens with one attached hydrogen (secondary N) is 2. The van der Waals surface area contributed by atoms with E-state index in [-0.39, 0.29) is 5.91 Å². The number of anilines is 3. The second kappa shape index (κ2) is 6.25. The Kier molecular flexibility index (Phi) is 3.60. The molecule has 1 aliphatic heterocycles. The molecule has 0 unspecified atom stereocenters. The Morgan fingerprint density at radius 1 is 1.11 bits per heavy atom. The number of pyridine rings is 1. The molecule has 0 bridgehead atoms. The van der Waals surface area contributed by atoms with Crippen LogP contribution in [0, 0.1) is 0 Å². The SMILES string of the molecule is O=C(Nc1ccc2cn[nH]c2c1)c1ccnc(N2CCc3ccccc32)c1. The number of rotatable bonds is 3. The van der Waals surface area contributed by atoms with Crippen LogP contribution in [-0.2, 0) is 6.42 Å². The lowest BCUT2D eigenvalue weighted by Crippen LogP contribution is -2.17. The normalized spacial score (nSPS) is 13.0. The van der Waals surface area contributed by atoms with E-state index in [2.05, 4.69) is 43.6 Å². The summed E-state index contributed by atoms with van der Waals surface area (Å²) in [6.45, 7) is 0.869. The molecule has 6 nitrogen and oxygen atoms in total. The number of aromatic amines is 1. The molecule has 5 rings (SSSR count). The number of hydrogen-bond donors (Lipinski definition) is 2. The lowest BCUT2D eigenvalue weighted by Gasteiger charge is -2.18. The number of fused-ring (bicyclic) bond motifs is 2. The van der Waals surface area contributed by atoms with Gasteiger partial charge in [-0.1, -0.05) is 18.2 Å². The predicted octanol–water partition coefficient (Wildman–Crippen LogP) is 3.90. The molecule has 0 fully saturated rings. The van der Waals surface area contributed by atoms with Gasteiger partial charge in [0.25, 0.3) is 5.91 Å². The van der Waals surface area contributed by atoms with Crippen molar-refractivity contribution in [1.29, 1.82) is 0 Å². The lowest BCUT2D eigenvalue weighted by molar-refractivity contribution is 0.102. The molecule has 2 aromatic heterocycles. The van der Waals surface area contributed by atoms with Crippen molar-refractivity contribution >= 4 is 34.0 Å². The van der Waals surface area contributed by atoms with E-state index in [9.17, 15) is 4.79 Å². The summed E-state index contributed by atoms with van der Waals surface area (Å²) in [5.74, 6) is 0.626. The molecule has 0 saturated carbocycles. The van der Waals surface area contributed by atoms with Crippen molar-refractivity contribution in [2.75, 3.05) is 16.8 Å². The molecular weight excluding hydrogens is 338 g/mol. The molecule has 0 spiro atoms. The minimum absolute atomic E-state index is 0.162. The summed E-state index contributed by atoms with van der Waals surface area (Å²) in [5.41, 5.74) is 4.65. The molecule has 27 heavy (non-hydrogen) atoms. The summed E-state index contributed by atoms with van der Waals surface area (Å²) in [6.07, 6.45) is 4.42. The molecule has 2 aromatic carbocycles. The second-order valence-electron chi connectivity index (χ2n) is 6.56. The molecule has 1 aliphatic rings. The highest BCUT2D eigenvalue weighted by atomic mass is 16.1.